The van der Waals surface area contributed by atoms with E-state index in [2.05, 4.69) is 6.07 Å². The maximum atomic E-state index is 10.7. The molecule has 2 nitrogen and oxygen atoms in total. The molecule has 0 spiro atoms. The fraction of sp³-hybridized carbons (Fsp3) is 0.600. The van der Waals surface area contributed by atoms with E-state index in [4.69, 9.17) is 4.74 Å². The van der Waals surface area contributed by atoms with Gasteiger partial charge in [0, 0.05) is 6.42 Å². The monoisotopic (exact) mass is 234 g/mol. The highest BCUT2D eigenvalue weighted by molar-refractivity contribution is 5.34. The molecule has 1 N–H and O–H groups in total. The second-order valence-electron chi connectivity index (χ2n) is 5.13. The van der Waals surface area contributed by atoms with E-state index in [-0.39, 0.29) is 0 Å². The average Bonchev–Trinajstić information content (AvgIpc) is 2.55. The molecule has 0 unspecified atom stereocenters. The van der Waals surface area contributed by atoms with Gasteiger partial charge in [-0.15, -0.1) is 0 Å². The van der Waals surface area contributed by atoms with Crippen LogP contribution in [0, 0.1) is 0 Å². The number of benzene rings is 1. The summed E-state index contributed by atoms with van der Waals surface area (Å²) in [6.45, 7) is 0. The number of hydrogen-bond acceptors (Lipinski definition) is 2. The molecule has 0 bridgehead atoms. The third-order valence-corrected chi connectivity index (χ3v) is 3.75. The van der Waals surface area contributed by atoms with Crippen molar-refractivity contribution >= 4 is 0 Å². The minimum atomic E-state index is -0.523. The van der Waals surface area contributed by atoms with Gasteiger partial charge in [0.15, 0.2) is 0 Å². The number of para-hydroxylation sites is 1. The molecule has 2 heteroatoms. The summed E-state index contributed by atoms with van der Waals surface area (Å²) in [5.41, 5.74) is 0.602. The summed E-state index contributed by atoms with van der Waals surface area (Å²) in [4.78, 5) is 0. The van der Waals surface area contributed by atoms with Crippen LogP contribution in [-0.4, -0.2) is 17.8 Å². The van der Waals surface area contributed by atoms with Crippen molar-refractivity contribution in [3.05, 3.63) is 29.8 Å². The number of aliphatic hydroxyl groups is 1. The molecular weight excluding hydrogens is 212 g/mol. The van der Waals surface area contributed by atoms with Crippen LogP contribution < -0.4 is 4.74 Å². The summed E-state index contributed by atoms with van der Waals surface area (Å²) in [7, 11) is 1.69. The average molecular weight is 234 g/mol. The lowest BCUT2D eigenvalue weighted by molar-refractivity contribution is 0.0247. The Hall–Kier alpha value is -1.02. The van der Waals surface area contributed by atoms with Crippen LogP contribution in [0.5, 0.6) is 5.75 Å². The van der Waals surface area contributed by atoms with Gasteiger partial charge >= 0.3 is 0 Å². The molecule has 0 aromatic heterocycles. The molecule has 0 radical (unpaired) electrons. The van der Waals surface area contributed by atoms with Crippen molar-refractivity contribution in [1.29, 1.82) is 0 Å². The zero-order valence-electron chi connectivity index (χ0n) is 10.6. The molecule has 0 aliphatic heterocycles. The van der Waals surface area contributed by atoms with E-state index in [1.807, 2.05) is 18.2 Å². The number of methoxy groups -OCH3 is 1. The van der Waals surface area contributed by atoms with Crippen molar-refractivity contribution in [3.8, 4) is 5.75 Å². The van der Waals surface area contributed by atoms with Crippen molar-refractivity contribution in [1.82, 2.24) is 0 Å². The van der Waals surface area contributed by atoms with Gasteiger partial charge in [-0.1, -0.05) is 43.9 Å². The van der Waals surface area contributed by atoms with E-state index in [0.29, 0.717) is 0 Å². The normalized spacial score (nSPS) is 19.6. The molecule has 1 aliphatic rings. The van der Waals surface area contributed by atoms with Gasteiger partial charge in [-0.05, 0) is 24.5 Å². The third-order valence-electron chi connectivity index (χ3n) is 3.75. The highest BCUT2D eigenvalue weighted by atomic mass is 16.5. The minimum absolute atomic E-state index is 0.523. The van der Waals surface area contributed by atoms with Gasteiger partial charge in [0.1, 0.15) is 5.75 Å². The van der Waals surface area contributed by atoms with Crippen LogP contribution in [0.15, 0.2) is 24.3 Å². The first-order chi connectivity index (χ1) is 8.23. The smallest absolute Gasteiger partial charge is 0.122 e. The molecule has 2 rings (SSSR count). The molecular formula is C15H22O2. The van der Waals surface area contributed by atoms with Crippen molar-refractivity contribution in [2.45, 2.75) is 50.5 Å². The van der Waals surface area contributed by atoms with Crippen LogP contribution in [0.4, 0.5) is 0 Å². The molecule has 1 saturated carbocycles. The quantitative estimate of drug-likeness (QED) is 0.813. The lowest BCUT2D eigenvalue weighted by Gasteiger charge is -2.27. The van der Waals surface area contributed by atoms with E-state index >= 15 is 0 Å². The summed E-state index contributed by atoms with van der Waals surface area (Å²) >= 11 is 0. The van der Waals surface area contributed by atoms with Crippen molar-refractivity contribution in [3.63, 3.8) is 0 Å². The Bertz CT molecular complexity index is 352. The first kappa shape index (κ1) is 12.4. The molecule has 0 atom stereocenters. The van der Waals surface area contributed by atoms with Crippen LogP contribution in [0.1, 0.15) is 44.1 Å². The highest BCUT2D eigenvalue weighted by Gasteiger charge is 2.29. The summed E-state index contributed by atoms with van der Waals surface area (Å²) in [6, 6.07) is 8.01. The molecule has 1 aliphatic carbocycles. The van der Waals surface area contributed by atoms with Gasteiger partial charge in [0.2, 0.25) is 0 Å². The zero-order valence-corrected chi connectivity index (χ0v) is 10.6. The Morgan fingerprint density at radius 2 is 1.76 bits per heavy atom. The maximum Gasteiger partial charge on any atom is 0.122 e. The lowest BCUT2D eigenvalue weighted by Crippen LogP contribution is -2.30. The predicted molar refractivity (Wildman–Crippen MR) is 69.3 cm³/mol. The second-order valence-corrected chi connectivity index (χ2v) is 5.13. The Balaban J connectivity index is 2.12. The van der Waals surface area contributed by atoms with Crippen LogP contribution in [0.25, 0.3) is 0 Å². The minimum Gasteiger partial charge on any atom is -0.496 e. The van der Waals surface area contributed by atoms with Gasteiger partial charge in [-0.3, -0.25) is 0 Å². The fourth-order valence-corrected chi connectivity index (χ4v) is 2.77. The van der Waals surface area contributed by atoms with Crippen LogP contribution in [-0.2, 0) is 6.42 Å². The lowest BCUT2D eigenvalue weighted by atomic mass is 9.87. The van der Waals surface area contributed by atoms with E-state index in [1.54, 1.807) is 7.11 Å². The molecule has 94 valence electrons. The fourth-order valence-electron chi connectivity index (χ4n) is 2.77. The van der Waals surface area contributed by atoms with Crippen LogP contribution >= 0.6 is 0 Å². The molecule has 1 aromatic carbocycles. The van der Waals surface area contributed by atoms with E-state index < -0.39 is 5.60 Å². The van der Waals surface area contributed by atoms with Gasteiger partial charge in [0.05, 0.1) is 12.7 Å². The molecule has 0 saturated heterocycles. The molecule has 17 heavy (non-hydrogen) atoms. The van der Waals surface area contributed by atoms with Crippen molar-refractivity contribution < 1.29 is 9.84 Å². The molecule has 0 amide bonds. The molecule has 0 heterocycles. The Kier molecular flexibility index (Phi) is 4.06. The highest BCUT2D eigenvalue weighted by Crippen LogP contribution is 2.32. The summed E-state index contributed by atoms with van der Waals surface area (Å²) in [5.74, 6) is 0.894. The van der Waals surface area contributed by atoms with Crippen molar-refractivity contribution in [2.75, 3.05) is 7.11 Å². The zero-order chi connectivity index (χ0) is 12.1. The van der Waals surface area contributed by atoms with E-state index in [0.717, 1.165) is 43.4 Å². The first-order valence-corrected chi connectivity index (χ1v) is 6.58. The van der Waals surface area contributed by atoms with Gasteiger partial charge < -0.3 is 9.84 Å². The summed E-state index contributed by atoms with van der Waals surface area (Å²) in [5, 5.41) is 10.7. The number of hydrogen-bond donors (Lipinski definition) is 1. The van der Waals surface area contributed by atoms with Gasteiger partial charge in [-0.2, -0.15) is 0 Å². The SMILES string of the molecule is COc1ccccc1CC1(O)CCCCCC1. The predicted octanol–water partition coefficient (Wildman–Crippen LogP) is 3.32. The number of rotatable bonds is 3. The first-order valence-electron chi connectivity index (χ1n) is 6.58. The molecule has 1 fully saturated rings. The standard InChI is InChI=1S/C15H22O2/c1-17-14-9-5-4-8-13(14)12-15(16)10-6-2-3-7-11-15/h4-5,8-9,16H,2-3,6-7,10-12H2,1H3. The van der Waals surface area contributed by atoms with E-state index in [9.17, 15) is 5.11 Å². The van der Waals surface area contributed by atoms with Crippen LogP contribution in [0.2, 0.25) is 0 Å². The topological polar surface area (TPSA) is 29.5 Å². The van der Waals surface area contributed by atoms with Crippen LogP contribution in [0.3, 0.4) is 0 Å². The molecule has 1 aromatic rings. The maximum absolute atomic E-state index is 10.7. The summed E-state index contributed by atoms with van der Waals surface area (Å²) in [6.07, 6.45) is 7.37. The van der Waals surface area contributed by atoms with Gasteiger partial charge in [0.25, 0.3) is 0 Å². The third kappa shape index (κ3) is 3.22. The Labute approximate surface area is 104 Å². The number of ether oxygens (including phenoxy) is 1. The van der Waals surface area contributed by atoms with E-state index in [1.165, 1.54) is 12.8 Å². The Morgan fingerprint density at radius 1 is 1.12 bits per heavy atom. The largest absolute Gasteiger partial charge is 0.496 e. The Morgan fingerprint density at radius 3 is 2.41 bits per heavy atom. The second kappa shape index (κ2) is 5.54. The van der Waals surface area contributed by atoms with Crippen molar-refractivity contribution in [2.24, 2.45) is 0 Å². The van der Waals surface area contributed by atoms with Gasteiger partial charge in [-0.25, -0.2) is 0 Å². The summed E-state index contributed by atoms with van der Waals surface area (Å²) < 4.78 is 5.35.